The van der Waals surface area contributed by atoms with Gasteiger partial charge in [-0.05, 0) is 19.8 Å². The van der Waals surface area contributed by atoms with Crippen LogP contribution in [0.1, 0.15) is 25.8 Å². The Bertz CT molecular complexity index is 378. The van der Waals surface area contributed by atoms with Gasteiger partial charge in [0, 0.05) is 19.3 Å². The lowest BCUT2D eigenvalue weighted by atomic mass is 10.3. The number of carbonyl (C=O) groups is 1. The molecule has 0 bridgehead atoms. The maximum absolute atomic E-state index is 12.0. The fourth-order valence-electron chi connectivity index (χ4n) is 1.90. The van der Waals surface area contributed by atoms with Crippen molar-refractivity contribution in [3.8, 4) is 0 Å². The molecule has 1 fully saturated rings. The van der Waals surface area contributed by atoms with Crippen LogP contribution in [0.4, 0.5) is 5.82 Å². The van der Waals surface area contributed by atoms with Gasteiger partial charge < -0.3 is 10.6 Å². The van der Waals surface area contributed by atoms with E-state index in [0.717, 1.165) is 25.9 Å². The normalized spacial score (nSPS) is 17.8. The van der Waals surface area contributed by atoms with Crippen LogP contribution in [-0.2, 0) is 4.79 Å². The highest BCUT2D eigenvalue weighted by Crippen LogP contribution is 2.20. The van der Waals surface area contributed by atoms with Crippen molar-refractivity contribution >= 4 is 23.3 Å². The summed E-state index contributed by atoms with van der Waals surface area (Å²) in [6, 6.07) is -0.340. The van der Waals surface area contributed by atoms with Crippen molar-refractivity contribution in [1.82, 2.24) is 14.7 Å². The average Bonchev–Trinajstić information content (AvgIpc) is 2.87. The Kier molecular flexibility index (Phi) is 3.05. The number of nitrogens with two attached hydrogens (primary N) is 1. The molecule has 2 heterocycles. The van der Waals surface area contributed by atoms with Gasteiger partial charge in [0.2, 0.25) is 5.91 Å². The summed E-state index contributed by atoms with van der Waals surface area (Å²) in [6.45, 7) is 3.49. The van der Waals surface area contributed by atoms with Gasteiger partial charge in [-0.1, -0.05) is 11.6 Å². The van der Waals surface area contributed by atoms with E-state index in [0.29, 0.717) is 5.02 Å². The first-order valence-corrected chi connectivity index (χ1v) is 5.76. The van der Waals surface area contributed by atoms with Gasteiger partial charge in [0.05, 0.1) is 0 Å². The lowest BCUT2D eigenvalue weighted by Crippen LogP contribution is -2.34. The predicted molar refractivity (Wildman–Crippen MR) is 62.2 cm³/mol. The monoisotopic (exact) mass is 242 g/mol. The molecule has 0 spiro atoms. The molecule has 88 valence electrons. The molecule has 1 unspecified atom stereocenters. The van der Waals surface area contributed by atoms with E-state index in [9.17, 15) is 4.79 Å². The fourth-order valence-corrected chi connectivity index (χ4v) is 2.03. The van der Waals surface area contributed by atoms with Gasteiger partial charge in [0.1, 0.15) is 11.1 Å². The third-order valence-electron chi connectivity index (χ3n) is 2.89. The predicted octanol–water partition coefficient (Wildman–Crippen LogP) is 1.30. The van der Waals surface area contributed by atoms with Crippen molar-refractivity contribution in [3.05, 3.63) is 11.2 Å². The molecule has 1 aromatic heterocycles. The molecular formula is C10H15ClN4O. The third kappa shape index (κ3) is 2.00. The molecule has 0 aromatic carbocycles. The van der Waals surface area contributed by atoms with E-state index < -0.39 is 0 Å². The minimum absolute atomic E-state index is 0.0802. The molecule has 0 radical (unpaired) electrons. The third-order valence-corrected chi connectivity index (χ3v) is 3.18. The van der Waals surface area contributed by atoms with Crippen molar-refractivity contribution in [3.63, 3.8) is 0 Å². The molecule has 1 aliphatic heterocycles. The van der Waals surface area contributed by atoms with E-state index >= 15 is 0 Å². The molecule has 5 nitrogen and oxygen atoms in total. The second-order valence-electron chi connectivity index (χ2n) is 4.05. The van der Waals surface area contributed by atoms with Crippen LogP contribution in [0.3, 0.4) is 0 Å². The number of amides is 1. The molecule has 2 rings (SSSR count). The van der Waals surface area contributed by atoms with Crippen molar-refractivity contribution in [2.45, 2.75) is 25.8 Å². The zero-order valence-corrected chi connectivity index (χ0v) is 9.94. The number of nitrogens with zero attached hydrogens (tertiary/aromatic N) is 3. The van der Waals surface area contributed by atoms with Crippen molar-refractivity contribution in [1.29, 1.82) is 0 Å². The Hall–Kier alpha value is -1.23. The maximum Gasteiger partial charge on any atom is 0.247 e. The Morgan fingerprint density at radius 3 is 2.69 bits per heavy atom. The quantitative estimate of drug-likeness (QED) is 0.850. The van der Waals surface area contributed by atoms with E-state index in [1.807, 2.05) is 11.8 Å². The van der Waals surface area contributed by atoms with Crippen LogP contribution in [0.25, 0.3) is 0 Å². The number of hydrogen-bond acceptors (Lipinski definition) is 3. The second kappa shape index (κ2) is 4.33. The summed E-state index contributed by atoms with van der Waals surface area (Å²) < 4.78 is 1.53. The molecule has 6 heteroatoms. The number of anilines is 1. The minimum atomic E-state index is -0.340. The topological polar surface area (TPSA) is 64.2 Å². The lowest BCUT2D eigenvalue weighted by molar-refractivity contribution is -0.133. The molecule has 1 atom stereocenters. The minimum Gasteiger partial charge on any atom is -0.381 e. The summed E-state index contributed by atoms with van der Waals surface area (Å²) in [5.41, 5.74) is 5.54. The number of carbonyl (C=O) groups excluding carboxylic acids is 1. The molecule has 0 saturated carbocycles. The Morgan fingerprint density at radius 2 is 2.19 bits per heavy atom. The van der Waals surface area contributed by atoms with E-state index in [1.54, 1.807) is 6.20 Å². The van der Waals surface area contributed by atoms with Crippen LogP contribution in [-0.4, -0.2) is 33.7 Å². The highest BCUT2D eigenvalue weighted by molar-refractivity contribution is 6.32. The van der Waals surface area contributed by atoms with Crippen LogP contribution in [0.2, 0.25) is 5.02 Å². The van der Waals surface area contributed by atoms with E-state index in [-0.39, 0.29) is 17.8 Å². The summed E-state index contributed by atoms with van der Waals surface area (Å²) in [7, 11) is 0. The van der Waals surface area contributed by atoms with Gasteiger partial charge in [-0.3, -0.25) is 9.48 Å². The lowest BCUT2D eigenvalue weighted by Gasteiger charge is -2.20. The standard InChI is InChI=1S/C10H15ClN4O/c1-7(10(16)14-4-2-3-5-14)15-6-8(11)9(12)13-15/h6-7H,2-5H2,1H3,(H2,12,13). The number of aromatic nitrogens is 2. The Labute approximate surface area is 99.2 Å². The number of likely N-dealkylation sites (tertiary alicyclic amines) is 1. The molecule has 1 aliphatic rings. The van der Waals surface area contributed by atoms with Gasteiger partial charge in [0.15, 0.2) is 5.82 Å². The highest BCUT2D eigenvalue weighted by atomic mass is 35.5. The van der Waals surface area contributed by atoms with Crippen molar-refractivity contribution in [2.24, 2.45) is 0 Å². The smallest absolute Gasteiger partial charge is 0.247 e. The highest BCUT2D eigenvalue weighted by Gasteiger charge is 2.25. The Balaban J connectivity index is 2.11. The van der Waals surface area contributed by atoms with Gasteiger partial charge in [0.25, 0.3) is 0 Å². The first-order valence-electron chi connectivity index (χ1n) is 5.38. The van der Waals surface area contributed by atoms with Crippen LogP contribution < -0.4 is 5.73 Å². The van der Waals surface area contributed by atoms with Gasteiger partial charge in [-0.2, -0.15) is 5.10 Å². The molecule has 1 aromatic rings. The van der Waals surface area contributed by atoms with E-state index in [1.165, 1.54) is 4.68 Å². The SMILES string of the molecule is CC(C(=O)N1CCCC1)n1cc(Cl)c(N)n1. The zero-order valence-electron chi connectivity index (χ0n) is 9.19. The summed E-state index contributed by atoms with van der Waals surface area (Å²) in [4.78, 5) is 13.9. The molecule has 0 aliphatic carbocycles. The number of hydrogen-bond donors (Lipinski definition) is 1. The molecular weight excluding hydrogens is 228 g/mol. The Morgan fingerprint density at radius 1 is 1.56 bits per heavy atom. The first-order chi connectivity index (χ1) is 7.59. The average molecular weight is 243 g/mol. The first kappa shape index (κ1) is 11.3. The molecule has 1 amide bonds. The number of rotatable bonds is 2. The van der Waals surface area contributed by atoms with Crippen LogP contribution in [0, 0.1) is 0 Å². The van der Waals surface area contributed by atoms with Crippen molar-refractivity contribution < 1.29 is 4.79 Å². The summed E-state index contributed by atoms with van der Waals surface area (Å²) in [5.74, 6) is 0.347. The maximum atomic E-state index is 12.0. The summed E-state index contributed by atoms with van der Waals surface area (Å²) >= 11 is 5.80. The summed E-state index contributed by atoms with van der Waals surface area (Å²) in [5, 5.41) is 4.41. The van der Waals surface area contributed by atoms with Crippen LogP contribution >= 0.6 is 11.6 Å². The van der Waals surface area contributed by atoms with Gasteiger partial charge in [-0.15, -0.1) is 0 Å². The van der Waals surface area contributed by atoms with E-state index in [2.05, 4.69) is 5.10 Å². The molecule has 2 N–H and O–H groups in total. The zero-order chi connectivity index (χ0) is 11.7. The number of nitrogen functional groups attached to an aromatic ring is 1. The summed E-state index contributed by atoms with van der Waals surface area (Å²) in [6.07, 6.45) is 3.76. The van der Waals surface area contributed by atoms with E-state index in [4.69, 9.17) is 17.3 Å². The number of halogens is 1. The fraction of sp³-hybridized carbons (Fsp3) is 0.600. The van der Waals surface area contributed by atoms with Gasteiger partial charge in [-0.25, -0.2) is 0 Å². The second-order valence-corrected chi connectivity index (χ2v) is 4.46. The molecule has 1 saturated heterocycles. The van der Waals surface area contributed by atoms with Gasteiger partial charge >= 0.3 is 0 Å². The largest absolute Gasteiger partial charge is 0.381 e. The van der Waals surface area contributed by atoms with Crippen LogP contribution in [0.5, 0.6) is 0 Å². The van der Waals surface area contributed by atoms with Crippen molar-refractivity contribution in [2.75, 3.05) is 18.8 Å². The van der Waals surface area contributed by atoms with Crippen LogP contribution in [0.15, 0.2) is 6.20 Å². The molecule has 16 heavy (non-hydrogen) atoms.